The van der Waals surface area contributed by atoms with Gasteiger partial charge in [0.15, 0.2) is 0 Å². The van der Waals surface area contributed by atoms with E-state index in [0.717, 1.165) is 11.1 Å². The van der Waals surface area contributed by atoms with Crippen molar-refractivity contribution < 1.29 is 21.4 Å². The fraction of sp³-hybridized carbons (Fsp3) is 0.400. The SMILES string of the molecule is Cc1ccc(S(=O)(=O)OCC(F)(F)CC(CCCCl)c2ccccc2)cc1. The summed E-state index contributed by atoms with van der Waals surface area (Å²) in [5.74, 6) is -3.33. The first-order chi connectivity index (χ1) is 12.7. The smallest absolute Gasteiger partial charge is 0.260 e. The number of rotatable bonds is 10. The van der Waals surface area contributed by atoms with Crippen LogP contribution in [0.3, 0.4) is 0 Å². The van der Waals surface area contributed by atoms with Crippen molar-refractivity contribution in [3.05, 3.63) is 65.7 Å². The molecule has 2 aromatic rings. The normalized spacial score (nSPS) is 13.5. The van der Waals surface area contributed by atoms with Gasteiger partial charge in [0, 0.05) is 12.3 Å². The fourth-order valence-electron chi connectivity index (χ4n) is 2.79. The Labute approximate surface area is 164 Å². The molecule has 0 heterocycles. The molecule has 0 aliphatic rings. The van der Waals surface area contributed by atoms with Gasteiger partial charge in [0.2, 0.25) is 0 Å². The van der Waals surface area contributed by atoms with Crippen LogP contribution < -0.4 is 0 Å². The van der Waals surface area contributed by atoms with Crippen molar-refractivity contribution in [2.75, 3.05) is 12.5 Å². The van der Waals surface area contributed by atoms with Crippen molar-refractivity contribution in [2.45, 2.75) is 42.9 Å². The molecule has 148 valence electrons. The van der Waals surface area contributed by atoms with Gasteiger partial charge in [-0.15, -0.1) is 11.6 Å². The molecule has 0 spiro atoms. The van der Waals surface area contributed by atoms with Crippen LogP contribution in [0.5, 0.6) is 0 Å². The molecule has 0 aromatic heterocycles. The molecule has 0 fully saturated rings. The van der Waals surface area contributed by atoms with E-state index >= 15 is 0 Å². The molecule has 0 saturated heterocycles. The van der Waals surface area contributed by atoms with Crippen LogP contribution in [0.1, 0.15) is 36.3 Å². The number of halogens is 3. The third-order valence-electron chi connectivity index (χ3n) is 4.24. The molecule has 27 heavy (non-hydrogen) atoms. The third-order valence-corrected chi connectivity index (χ3v) is 5.78. The predicted molar refractivity (Wildman–Crippen MR) is 103 cm³/mol. The molecule has 3 nitrogen and oxygen atoms in total. The lowest BCUT2D eigenvalue weighted by Crippen LogP contribution is -2.28. The van der Waals surface area contributed by atoms with E-state index in [2.05, 4.69) is 4.18 Å². The van der Waals surface area contributed by atoms with E-state index in [1.54, 1.807) is 43.3 Å². The number of alkyl halides is 3. The van der Waals surface area contributed by atoms with Crippen LogP contribution in [0.4, 0.5) is 8.78 Å². The summed E-state index contributed by atoms with van der Waals surface area (Å²) in [6.07, 6.45) is 0.588. The Balaban J connectivity index is 2.06. The summed E-state index contributed by atoms with van der Waals surface area (Å²) >= 11 is 5.71. The fourth-order valence-corrected chi connectivity index (χ4v) is 3.88. The van der Waals surface area contributed by atoms with E-state index in [1.807, 2.05) is 6.07 Å². The van der Waals surface area contributed by atoms with Crippen LogP contribution in [0, 0.1) is 6.92 Å². The molecule has 2 rings (SSSR count). The highest BCUT2D eigenvalue weighted by Gasteiger charge is 2.35. The summed E-state index contributed by atoms with van der Waals surface area (Å²) in [5.41, 5.74) is 1.65. The van der Waals surface area contributed by atoms with Crippen LogP contribution in [0.25, 0.3) is 0 Å². The molecule has 0 aliphatic heterocycles. The Bertz CT molecular complexity index is 809. The highest BCUT2D eigenvalue weighted by Crippen LogP contribution is 2.34. The minimum Gasteiger partial charge on any atom is -0.260 e. The van der Waals surface area contributed by atoms with Gasteiger partial charge in [-0.2, -0.15) is 8.42 Å². The summed E-state index contributed by atoms with van der Waals surface area (Å²) in [7, 11) is -4.23. The highest BCUT2D eigenvalue weighted by atomic mass is 35.5. The maximum absolute atomic E-state index is 14.5. The minimum absolute atomic E-state index is 0.134. The van der Waals surface area contributed by atoms with Gasteiger partial charge in [-0.25, -0.2) is 8.78 Å². The molecule has 0 saturated carbocycles. The van der Waals surface area contributed by atoms with E-state index in [-0.39, 0.29) is 4.90 Å². The average Bonchev–Trinajstić information content (AvgIpc) is 2.65. The Hall–Kier alpha value is -1.50. The molecule has 0 N–H and O–H groups in total. The largest absolute Gasteiger partial charge is 0.297 e. The van der Waals surface area contributed by atoms with Crippen molar-refractivity contribution in [3.63, 3.8) is 0 Å². The number of aryl methyl sites for hydroxylation is 1. The standard InChI is InChI=1S/C20H23ClF2O3S/c1-16-9-11-19(12-10-16)27(24,25)26-15-20(22,23)14-18(8-5-13-21)17-6-3-2-4-7-17/h2-4,6-7,9-12,18H,5,8,13-15H2,1H3. The van der Waals surface area contributed by atoms with Crippen LogP contribution in [0.15, 0.2) is 59.5 Å². The Morgan fingerprint density at radius 1 is 1.07 bits per heavy atom. The van der Waals surface area contributed by atoms with E-state index in [0.29, 0.717) is 18.7 Å². The molecule has 0 amide bonds. The van der Waals surface area contributed by atoms with Gasteiger partial charge in [-0.3, -0.25) is 4.18 Å². The van der Waals surface area contributed by atoms with Crippen LogP contribution >= 0.6 is 11.6 Å². The maximum Gasteiger partial charge on any atom is 0.297 e. The first-order valence-corrected chi connectivity index (χ1v) is 10.6. The summed E-state index contributed by atoms with van der Waals surface area (Å²) in [6.45, 7) is 0.614. The number of benzene rings is 2. The molecule has 7 heteroatoms. The molecule has 0 radical (unpaired) electrons. The molecule has 0 aliphatic carbocycles. The van der Waals surface area contributed by atoms with Gasteiger partial charge in [0.05, 0.1) is 4.90 Å². The zero-order valence-corrected chi connectivity index (χ0v) is 16.6. The van der Waals surface area contributed by atoms with E-state index in [9.17, 15) is 17.2 Å². The second-order valence-electron chi connectivity index (χ2n) is 6.53. The number of hydrogen-bond acceptors (Lipinski definition) is 3. The summed E-state index contributed by atoms with van der Waals surface area (Å²) < 4.78 is 57.9. The topological polar surface area (TPSA) is 43.4 Å². The van der Waals surface area contributed by atoms with Crippen molar-refractivity contribution >= 4 is 21.7 Å². The van der Waals surface area contributed by atoms with Gasteiger partial charge in [0.1, 0.15) is 6.61 Å². The van der Waals surface area contributed by atoms with E-state index in [4.69, 9.17) is 11.6 Å². The van der Waals surface area contributed by atoms with Crippen molar-refractivity contribution in [1.82, 2.24) is 0 Å². The number of hydrogen-bond donors (Lipinski definition) is 0. The monoisotopic (exact) mass is 416 g/mol. The Kier molecular flexibility index (Phi) is 7.77. The highest BCUT2D eigenvalue weighted by molar-refractivity contribution is 7.86. The van der Waals surface area contributed by atoms with Gasteiger partial charge in [-0.1, -0.05) is 48.0 Å². The molecular formula is C20H23ClF2O3S. The third kappa shape index (κ3) is 6.87. The zero-order chi connectivity index (χ0) is 19.9. The van der Waals surface area contributed by atoms with Crippen LogP contribution in [-0.4, -0.2) is 26.8 Å². The van der Waals surface area contributed by atoms with Gasteiger partial charge in [-0.05, 0) is 43.4 Å². The quantitative estimate of drug-likeness (QED) is 0.378. The first-order valence-electron chi connectivity index (χ1n) is 8.68. The van der Waals surface area contributed by atoms with Crippen molar-refractivity contribution in [2.24, 2.45) is 0 Å². The Morgan fingerprint density at radius 2 is 1.70 bits per heavy atom. The molecule has 1 atom stereocenters. The second kappa shape index (κ2) is 9.62. The summed E-state index contributed by atoms with van der Waals surface area (Å²) in [6, 6.07) is 14.8. The van der Waals surface area contributed by atoms with Crippen molar-refractivity contribution in [1.29, 1.82) is 0 Å². The van der Waals surface area contributed by atoms with Crippen molar-refractivity contribution in [3.8, 4) is 0 Å². The lowest BCUT2D eigenvalue weighted by atomic mass is 9.89. The predicted octanol–water partition coefficient (Wildman–Crippen LogP) is 5.53. The van der Waals surface area contributed by atoms with Gasteiger partial charge in [0.25, 0.3) is 16.0 Å². The zero-order valence-electron chi connectivity index (χ0n) is 15.1. The average molecular weight is 417 g/mol. The minimum atomic E-state index is -4.23. The Morgan fingerprint density at radius 3 is 2.30 bits per heavy atom. The summed E-state index contributed by atoms with van der Waals surface area (Å²) in [4.78, 5) is -0.134. The first kappa shape index (κ1) is 21.8. The van der Waals surface area contributed by atoms with Gasteiger partial charge < -0.3 is 0 Å². The molecule has 2 aromatic carbocycles. The molecular weight excluding hydrogens is 394 g/mol. The lowest BCUT2D eigenvalue weighted by molar-refractivity contribution is -0.0520. The van der Waals surface area contributed by atoms with Crippen LogP contribution in [0.2, 0.25) is 0 Å². The molecule has 0 bridgehead atoms. The second-order valence-corrected chi connectivity index (χ2v) is 8.52. The molecule has 1 unspecified atom stereocenters. The van der Waals surface area contributed by atoms with Gasteiger partial charge >= 0.3 is 0 Å². The van der Waals surface area contributed by atoms with Crippen LogP contribution in [-0.2, 0) is 14.3 Å². The van der Waals surface area contributed by atoms with E-state index in [1.165, 1.54) is 12.1 Å². The maximum atomic E-state index is 14.5. The van der Waals surface area contributed by atoms with E-state index < -0.39 is 35.0 Å². The lowest BCUT2D eigenvalue weighted by Gasteiger charge is -2.23. The summed E-state index contributed by atoms with van der Waals surface area (Å²) in [5, 5.41) is 0.